The summed E-state index contributed by atoms with van der Waals surface area (Å²) in [4.78, 5) is 12.5. The molecular formula is C14H12N2OS. The van der Waals surface area contributed by atoms with E-state index in [2.05, 4.69) is 5.10 Å². The van der Waals surface area contributed by atoms with Crippen molar-refractivity contribution in [1.82, 2.24) is 9.78 Å². The number of carbonyl (C=O) groups is 1. The lowest BCUT2D eigenvalue weighted by atomic mass is 10.1. The summed E-state index contributed by atoms with van der Waals surface area (Å²) in [6.07, 6.45) is 0. The maximum Gasteiger partial charge on any atom is 0.214 e. The summed E-state index contributed by atoms with van der Waals surface area (Å²) in [7, 11) is 1.85. The van der Waals surface area contributed by atoms with Crippen LogP contribution in [0.1, 0.15) is 21.7 Å². The Bertz CT molecular complexity index is 720. The second-order valence-corrected chi connectivity index (χ2v) is 5.18. The predicted molar refractivity (Wildman–Crippen MR) is 73.2 cm³/mol. The fraction of sp³-hybridized carbons (Fsp3) is 0.143. The molecule has 3 nitrogen and oxygen atoms in total. The highest BCUT2D eigenvalue weighted by Gasteiger charge is 2.16. The summed E-state index contributed by atoms with van der Waals surface area (Å²) in [6.45, 7) is 1.94. The first-order valence-electron chi connectivity index (χ1n) is 5.68. The van der Waals surface area contributed by atoms with E-state index < -0.39 is 0 Å². The molecule has 0 amide bonds. The van der Waals surface area contributed by atoms with Gasteiger partial charge in [0.1, 0.15) is 5.69 Å². The maximum absolute atomic E-state index is 12.5. The summed E-state index contributed by atoms with van der Waals surface area (Å²) in [5, 5.41) is 7.36. The van der Waals surface area contributed by atoms with Crippen molar-refractivity contribution < 1.29 is 4.79 Å². The van der Waals surface area contributed by atoms with Crippen LogP contribution in [0, 0.1) is 6.92 Å². The first kappa shape index (κ1) is 11.2. The molecule has 0 radical (unpaired) electrons. The fourth-order valence-corrected chi connectivity index (χ4v) is 2.89. The van der Waals surface area contributed by atoms with Crippen LogP contribution in [0.4, 0.5) is 0 Å². The Hall–Kier alpha value is -1.94. The number of rotatable bonds is 2. The van der Waals surface area contributed by atoms with Crippen molar-refractivity contribution in [3.8, 4) is 0 Å². The van der Waals surface area contributed by atoms with Gasteiger partial charge in [0.2, 0.25) is 5.78 Å². The molecule has 2 aromatic heterocycles. The highest BCUT2D eigenvalue weighted by Crippen LogP contribution is 2.26. The Labute approximate surface area is 109 Å². The Morgan fingerprint density at radius 1 is 1.33 bits per heavy atom. The molecule has 18 heavy (non-hydrogen) atoms. The Kier molecular flexibility index (Phi) is 2.52. The Morgan fingerprint density at radius 3 is 2.89 bits per heavy atom. The molecule has 90 valence electrons. The molecule has 4 heteroatoms. The van der Waals surface area contributed by atoms with E-state index in [-0.39, 0.29) is 5.78 Å². The van der Waals surface area contributed by atoms with Gasteiger partial charge < -0.3 is 0 Å². The lowest BCUT2D eigenvalue weighted by molar-refractivity contribution is 0.103. The third kappa shape index (κ3) is 1.66. The minimum atomic E-state index is -0.00764. The van der Waals surface area contributed by atoms with Gasteiger partial charge in [-0.25, -0.2) is 0 Å². The molecule has 0 spiro atoms. The van der Waals surface area contributed by atoms with Gasteiger partial charge in [0.25, 0.3) is 0 Å². The molecule has 0 aliphatic carbocycles. The van der Waals surface area contributed by atoms with Gasteiger partial charge in [0.05, 0.1) is 0 Å². The standard InChI is InChI=1S/C14H12N2OS/c1-9-8-12(15-16(9)2)13(17)11-5-3-4-10-6-7-18-14(10)11/h3-8H,1-2H3. The quantitative estimate of drug-likeness (QED) is 0.660. The monoisotopic (exact) mass is 256 g/mol. The van der Waals surface area contributed by atoms with Crippen molar-refractivity contribution in [3.05, 3.63) is 52.7 Å². The van der Waals surface area contributed by atoms with Crippen LogP contribution in [0.15, 0.2) is 35.7 Å². The number of aryl methyl sites for hydroxylation is 2. The van der Waals surface area contributed by atoms with Crippen LogP contribution >= 0.6 is 11.3 Å². The van der Waals surface area contributed by atoms with Gasteiger partial charge in [-0.15, -0.1) is 11.3 Å². The predicted octanol–water partition coefficient (Wildman–Crippen LogP) is 3.17. The van der Waals surface area contributed by atoms with E-state index in [0.717, 1.165) is 21.3 Å². The lowest BCUT2D eigenvalue weighted by Crippen LogP contribution is -2.03. The van der Waals surface area contributed by atoms with Crippen molar-refractivity contribution in [2.75, 3.05) is 0 Å². The number of hydrogen-bond acceptors (Lipinski definition) is 3. The summed E-state index contributed by atoms with van der Waals surface area (Å²) < 4.78 is 2.76. The van der Waals surface area contributed by atoms with E-state index in [0.29, 0.717) is 5.69 Å². The third-order valence-electron chi connectivity index (χ3n) is 3.07. The van der Waals surface area contributed by atoms with Crippen LogP contribution in [-0.4, -0.2) is 15.6 Å². The second kappa shape index (κ2) is 4.07. The molecule has 0 fully saturated rings. The summed E-state index contributed by atoms with van der Waals surface area (Å²) in [5.41, 5.74) is 2.23. The largest absolute Gasteiger partial charge is 0.287 e. The number of benzene rings is 1. The molecule has 2 heterocycles. The zero-order valence-electron chi connectivity index (χ0n) is 10.2. The number of aromatic nitrogens is 2. The molecule has 3 aromatic rings. The molecule has 1 aromatic carbocycles. The summed E-state index contributed by atoms with van der Waals surface area (Å²) in [6, 6.07) is 9.66. The van der Waals surface area contributed by atoms with Gasteiger partial charge in [-0.3, -0.25) is 9.48 Å². The number of thiophene rings is 1. The molecule has 0 aliphatic rings. The fourth-order valence-electron chi connectivity index (χ4n) is 1.98. The number of nitrogens with zero attached hydrogens (tertiary/aromatic N) is 2. The van der Waals surface area contributed by atoms with Crippen molar-refractivity contribution in [2.45, 2.75) is 6.92 Å². The summed E-state index contributed by atoms with van der Waals surface area (Å²) in [5.74, 6) is -0.00764. The maximum atomic E-state index is 12.5. The summed E-state index contributed by atoms with van der Waals surface area (Å²) >= 11 is 1.59. The zero-order chi connectivity index (χ0) is 12.7. The van der Waals surface area contributed by atoms with Crippen LogP contribution in [0.25, 0.3) is 10.1 Å². The lowest BCUT2D eigenvalue weighted by Gasteiger charge is -1.99. The highest BCUT2D eigenvalue weighted by atomic mass is 32.1. The molecule has 0 aliphatic heterocycles. The average Bonchev–Trinajstić information content (AvgIpc) is 2.95. The van der Waals surface area contributed by atoms with Crippen LogP contribution in [-0.2, 0) is 7.05 Å². The van der Waals surface area contributed by atoms with Gasteiger partial charge in [-0.2, -0.15) is 5.10 Å². The minimum Gasteiger partial charge on any atom is -0.287 e. The minimum absolute atomic E-state index is 0.00764. The molecular weight excluding hydrogens is 244 g/mol. The van der Waals surface area contributed by atoms with Crippen LogP contribution < -0.4 is 0 Å². The normalized spacial score (nSPS) is 11.0. The van der Waals surface area contributed by atoms with E-state index in [4.69, 9.17) is 0 Å². The Morgan fingerprint density at radius 2 is 2.17 bits per heavy atom. The van der Waals surface area contributed by atoms with Gasteiger partial charge in [0.15, 0.2) is 0 Å². The highest BCUT2D eigenvalue weighted by molar-refractivity contribution is 7.17. The van der Waals surface area contributed by atoms with E-state index in [1.54, 1.807) is 16.0 Å². The van der Waals surface area contributed by atoms with E-state index in [9.17, 15) is 4.79 Å². The SMILES string of the molecule is Cc1cc(C(=O)c2cccc3ccsc23)nn1C. The number of ketones is 1. The second-order valence-electron chi connectivity index (χ2n) is 4.27. The Balaban J connectivity index is 2.14. The first-order chi connectivity index (χ1) is 8.66. The number of hydrogen-bond donors (Lipinski definition) is 0. The van der Waals surface area contributed by atoms with Crippen molar-refractivity contribution >= 4 is 27.2 Å². The van der Waals surface area contributed by atoms with Crippen LogP contribution in [0.3, 0.4) is 0 Å². The van der Waals surface area contributed by atoms with E-state index >= 15 is 0 Å². The van der Waals surface area contributed by atoms with Gasteiger partial charge >= 0.3 is 0 Å². The van der Waals surface area contributed by atoms with Crippen LogP contribution in [0.5, 0.6) is 0 Å². The van der Waals surface area contributed by atoms with Gasteiger partial charge in [-0.1, -0.05) is 12.1 Å². The molecule has 0 bridgehead atoms. The first-order valence-corrected chi connectivity index (χ1v) is 6.56. The van der Waals surface area contributed by atoms with Crippen molar-refractivity contribution in [1.29, 1.82) is 0 Å². The van der Waals surface area contributed by atoms with E-state index in [1.807, 2.05) is 49.7 Å². The molecule has 0 atom stereocenters. The molecule has 0 N–H and O–H groups in total. The zero-order valence-corrected chi connectivity index (χ0v) is 11.0. The average molecular weight is 256 g/mol. The van der Waals surface area contributed by atoms with E-state index in [1.165, 1.54) is 0 Å². The van der Waals surface area contributed by atoms with Gasteiger partial charge in [0, 0.05) is 23.0 Å². The number of carbonyl (C=O) groups excluding carboxylic acids is 1. The third-order valence-corrected chi connectivity index (χ3v) is 4.03. The molecule has 3 rings (SSSR count). The smallest absolute Gasteiger partial charge is 0.214 e. The topological polar surface area (TPSA) is 34.9 Å². The molecule has 0 saturated heterocycles. The molecule has 0 unspecified atom stereocenters. The number of fused-ring (bicyclic) bond motifs is 1. The molecule has 0 saturated carbocycles. The van der Waals surface area contributed by atoms with Crippen molar-refractivity contribution in [3.63, 3.8) is 0 Å². The van der Waals surface area contributed by atoms with Crippen LogP contribution in [0.2, 0.25) is 0 Å². The van der Waals surface area contributed by atoms with Crippen molar-refractivity contribution in [2.24, 2.45) is 7.05 Å². The van der Waals surface area contributed by atoms with Gasteiger partial charge in [-0.05, 0) is 35.9 Å².